The van der Waals surface area contributed by atoms with E-state index in [1.54, 1.807) is 11.3 Å². The molecule has 0 saturated heterocycles. The predicted octanol–water partition coefficient (Wildman–Crippen LogP) is 6.72. The molecule has 0 N–H and O–H groups in total. The molecule has 146 valence electrons. The summed E-state index contributed by atoms with van der Waals surface area (Å²) in [5, 5.41) is 2.16. The summed E-state index contributed by atoms with van der Waals surface area (Å²) >= 11 is 1.77. The van der Waals surface area contributed by atoms with Crippen LogP contribution < -0.4 is 4.74 Å². The van der Waals surface area contributed by atoms with Crippen LogP contribution in [0.15, 0.2) is 90.3 Å². The van der Waals surface area contributed by atoms with Gasteiger partial charge >= 0.3 is 0 Å². The average molecular weight is 400 g/mol. The van der Waals surface area contributed by atoms with E-state index in [4.69, 9.17) is 4.74 Å². The number of rotatable bonds is 7. The van der Waals surface area contributed by atoms with Crippen LogP contribution in [0.3, 0.4) is 0 Å². The molecule has 0 spiro atoms. The lowest BCUT2D eigenvalue weighted by Gasteiger charge is -2.13. The van der Waals surface area contributed by atoms with Gasteiger partial charge in [-0.3, -0.25) is 0 Å². The number of benzene rings is 3. The molecule has 2 nitrogen and oxygen atoms in total. The Morgan fingerprint density at radius 3 is 2.21 bits per heavy atom. The Labute approximate surface area is 177 Å². The van der Waals surface area contributed by atoms with Gasteiger partial charge in [0.2, 0.25) is 0 Å². The fourth-order valence-corrected chi connectivity index (χ4v) is 4.34. The molecule has 0 fully saturated rings. The van der Waals surface area contributed by atoms with Gasteiger partial charge in [0.15, 0.2) is 0 Å². The zero-order chi connectivity index (χ0) is 20.1. The summed E-state index contributed by atoms with van der Waals surface area (Å²) in [5.41, 5.74) is 6.10. The van der Waals surface area contributed by atoms with Crippen LogP contribution in [-0.2, 0) is 13.2 Å². The van der Waals surface area contributed by atoms with Crippen LogP contribution in [-0.4, -0.2) is 19.0 Å². The Balaban J connectivity index is 1.61. The van der Waals surface area contributed by atoms with Crippen molar-refractivity contribution in [3.8, 4) is 27.3 Å². The Bertz CT molecular complexity index is 1050. The van der Waals surface area contributed by atoms with Crippen molar-refractivity contribution in [3.05, 3.63) is 101 Å². The second-order valence-corrected chi connectivity index (χ2v) is 8.28. The second kappa shape index (κ2) is 9.08. The van der Waals surface area contributed by atoms with Crippen LogP contribution in [0.5, 0.6) is 5.75 Å². The lowest BCUT2D eigenvalue weighted by molar-refractivity contribution is 0.307. The molecule has 0 bridgehead atoms. The van der Waals surface area contributed by atoms with Crippen LogP contribution >= 0.6 is 11.3 Å². The molecule has 0 atom stereocenters. The number of thiophene rings is 1. The fourth-order valence-electron chi connectivity index (χ4n) is 3.42. The third kappa shape index (κ3) is 4.76. The van der Waals surface area contributed by atoms with E-state index in [1.807, 2.05) is 24.3 Å². The highest BCUT2D eigenvalue weighted by atomic mass is 32.1. The third-order valence-electron chi connectivity index (χ3n) is 4.79. The summed E-state index contributed by atoms with van der Waals surface area (Å²) in [7, 11) is 4.19. The summed E-state index contributed by atoms with van der Waals surface area (Å²) in [4.78, 5) is 3.46. The molecule has 1 heterocycles. The van der Waals surface area contributed by atoms with E-state index in [-0.39, 0.29) is 0 Å². The third-order valence-corrected chi connectivity index (χ3v) is 5.76. The van der Waals surface area contributed by atoms with Gasteiger partial charge in [-0.25, -0.2) is 0 Å². The van der Waals surface area contributed by atoms with Gasteiger partial charge in [-0.2, -0.15) is 0 Å². The largest absolute Gasteiger partial charge is 0.488 e. The molecule has 3 heteroatoms. The minimum absolute atomic E-state index is 0.566. The van der Waals surface area contributed by atoms with Crippen molar-refractivity contribution in [2.75, 3.05) is 14.1 Å². The molecule has 0 aliphatic rings. The normalized spacial score (nSPS) is 11.0. The maximum absolute atomic E-state index is 6.20. The van der Waals surface area contributed by atoms with E-state index in [9.17, 15) is 0 Å². The highest BCUT2D eigenvalue weighted by Crippen LogP contribution is 2.41. The smallest absolute Gasteiger partial charge is 0.127 e. The van der Waals surface area contributed by atoms with Crippen molar-refractivity contribution in [1.82, 2.24) is 4.90 Å². The zero-order valence-electron chi connectivity index (χ0n) is 16.8. The molecule has 4 rings (SSSR count). The Kier molecular flexibility index (Phi) is 6.09. The van der Waals surface area contributed by atoms with Crippen LogP contribution in [0.4, 0.5) is 0 Å². The Morgan fingerprint density at radius 1 is 0.724 bits per heavy atom. The van der Waals surface area contributed by atoms with E-state index >= 15 is 0 Å². The molecule has 0 aliphatic heterocycles. The van der Waals surface area contributed by atoms with Gasteiger partial charge in [-0.05, 0) is 48.3 Å². The minimum Gasteiger partial charge on any atom is -0.488 e. The maximum Gasteiger partial charge on any atom is 0.127 e. The SMILES string of the molecule is CN(C)Cc1ccc(-c2sccc2-c2ccccc2OCc2ccccc2)cc1. The Hall–Kier alpha value is -2.88. The summed E-state index contributed by atoms with van der Waals surface area (Å²) in [6.07, 6.45) is 0. The highest BCUT2D eigenvalue weighted by molar-refractivity contribution is 7.14. The number of hydrogen-bond acceptors (Lipinski definition) is 3. The summed E-state index contributed by atoms with van der Waals surface area (Å²) in [6.45, 7) is 1.52. The first-order valence-electron chi connectivity index (χ1n) is 9.78. The second-order valence-electron chi connectivity index (χ2n) is 7.37. The zero-order valence-corrected chi connectivity index (χ0v) is 17.7. The van der Waals surface area contributed by atoms with Gasteiger partial charge in [0.1, 0.15) is 12.4 Å². The number of ether oxygens (including phenoxy) is 1. The summed E-state index contributed by atoms with van der Waals surface area (Å²) in [5.74, 6) is 0.917. The fraction of sp³-hybridized carbons (Fsp3) is 0.154. The molecular weight excluding hydrogens is 374 g/mol. The number of para-hydroxylation sites is 1. The molecule has 0 radical (unpaired) electrons. The average Bonchev–Trinajstić information content (AvgIpc) is 3.23. The molecule has 4 aromatic rings. The lowest BCUT2D eigenvalue weighted by atomic mass is 10.0. The molecule has 3 aromatic carbocycles. The summed E-state index contributed by atoms with van der Waals surface area (Å²) < 4.78 is 6.20. The summed E-state index contributed by atoms with van der Waals surface area (Å²) in [6, 6.07) is 29.7. The van der Waals surface area contributed by atoms with Crippen LogP contribution in [0, 0.1) is 0 Å². The van der Waals surface area contributed by atoms with Crippen LogP contribution in [0.2, 0.25) is 0 Å². The molecule has 0 unspecified atom stereocenters. The van der Waals surface area contributed by atoms with Crippen molar-refractivity contribution < 1.29 is 4.74 Å². The first kappa shape index (κ1) is 19.4. The Morgan fingerprint density at radius 2 is 1.45 bits per heavy atom. The first-order valence-corrected chi connectivity index (χ1v) is 10.7. The molecule has 0 aliphatic carbocycles. The number of nitrogens with zero attached hydrogens (tertiary/aromatic N) is 1. The molecule has 0 amide bonds. The molecule has 29 heavy (non-hydrogen) atoms. The molecule has 1 aromatic heterocycles. The van der Waals surface area contributed by atoms with Crippen molar-refractivity contribution in [1.29, 1.82) is 0 Å². The molecular formula is C26H25NOS. The van der Waals surface area contributed by atoms with Crippen molar-refractivity contribution in [3.63, 3.8) is 0 Å². The van der Waals surface area contributed by atoms with Crippen LogP contribution in [0.25, 0.3) is 21.6 Å². The van der Waals surface area contributed by atoms with E-state index in [2.05, 4.69) is 85.0 Å². The van der Waals surface area contributed by atoms with Gasteiger partial charge in [0.25, 0.3) is 0 Å². The van der Waals surface area contributed by atoms with Crippen molar-refractivity contribution in [2.45, 2.75) is 13.2 Å². The standard InChI is InChI=1S/C26H25NOS/c1-27(2)18-20-12-14-22(15-13-20)26-24(16-17-29-26)23-10-6-7-11-25(23)28-19-21-8-4-3-5-9-21/h3-17H,18-19H2,1-2H3. The van der Waals surface area contributed by atoms with Gasteiger partial charge in [-0.15, -0.1) is 11.3 Å². The maximum atomic E-state index is 6.20. The minimum atomic E-state index is 0.566. The van der Waals surface area contributed by atoms with Gasteiger partial charge in [0, 0.05) is 22.5 Å². The van der Waals surface area contributed by atoms with E-state index in [0.29, 0.717) is 6.61 Å². The molecule has 0 saturated carbocycles. The van der Waals surface area contributed by atoms with Gasteiger partial charge in [-0.1, -0.05) is 72.8 Å². The quantitative estimate of drug-likeness (QED) is 0.342. The first-order chi connectivity index (χ1) is 14.2. The van der Waals surface area contributed by atoms with Crippen molar-refractivity contribution >= 4 is 11.3 Å². The van der Waals surface area contributed by atoms with E-state index < -0.39 is 0 Å². The van der Waals surface area contributed by atoms with Gasteiger partial charge in [0.05, 0.1) is 0 Å². The van der Waals surface area contributed by atoms with Crippen molar-refractivity contribution in [2.24, 2.45) is 0 Å². The van der Waals surface area contributed by atoms with E-state index in [0.717, 1.165) is 17.9 Å². The monoisotopic (exact) mass is 399 g/mol. The highest BCUT2D eigenvalue weighted by Gasteiger charge is 2.13. The van der Waals surface area contributed by atoms with E-state index in [1.165, 1.54) is 27.1 Å². The predicted molar refractivity (Wildman–Crippen MR) is 123 cm³/mol. The van der Waals surface area contributed by atoms with Crippen LogP contribution in [0.1, 0.15) is 11.1 Å². The van der Waals surface area contributed by atoms with Gasteiger partial charge < -0.3 is 9.64 Å². The topological polar surface area (TPSA) is 12.5 Å². The number of hydrogen-bond donors (Lipinski definition) is 0. The lowest BCUT2D eigenvalue weighted by Crippen LogP contribution is -2.10.